The Bertz CT molecular complexity index is 1700. The molecule has 0 aliphatic heterocycles. The Hall–Kier alpha value is -3.68. The summed E-state index contributed by atoms with van der Waals surface area (Å²) < 4.78 is 12.1. The lowest BCUT2D eigenvalue weighted by Gasteiger charge is -2.46. The van der Waals surface area contributed by atoms with Gasteiger partial charge in [0.25, 0.3) is 0 Å². The summed E-state index contributed by atoms with van der Waals surface area (Å²) in [4.78, 5) is 30.2. The van der Waals surface area contributed by atoms with Gasteiger partial charge in [-0.05, 0) is 123 Å². The highest BCUT2D eigenvalue weighted by Gasteiger charge is 2.58. The first-order valence-electron chi connectivity index (χ1n) is 19.6. The van der Waals surface area contributed by atoms with Crippen LogP contribution in [-0.2, 0) is 17.7 Å². The van der Waals surface area contributed by atoms with Crippen LogP contribution in [0.15, 0.2) is 83.0 Å². The zero-order chi connectivity index (χ0) is 37.0. The van der Waals surface area contributed by atoms with E-state index in [-0.39, 0.29) is 36.2 Å². The summed E-state index contributed by atoms with van der Waals surface area (Å²) in [6.07, 6.45) is 10.1. The Morgan fingerprint density at radius 2 is 1.81 bits per heavy atom. The number of ether oxygens (including phenoxy) is 1. The molecule has 3 aromatic rings. The molecular weight excluding hydrogens is 650 g/mol. The van der Waals surface area contributed by atoms with Crippen LogP contribution in [0.3, 0.4) is 0 Å². The Morgan fingerprint density at radius 1 is 1.02 bits per heavy atom. The van der Waals surface area contributed by atoms with Crippen LogP contribution in [0.25, 0.3) is 0 Å². The fourth-order valence-corrected chi connectivity index (χ4v) is 9.50. The molecular formula is C45H59NO6. The number of nitrogens with zero attached hydrogens (tertiary/aromatic N) is 1. The molecule has 0 radical (unpaired) electrons. The molecule has 7 unspecified atom stereocenters. The number of hydrogen-bond donors (Lipinski definition) is 2. The van der Waals surface area contributed by atoms with Crippen LogP contribution in [0.2, 0.25) is 0 Å². The molecule has 1 amide bonds. The van der Waals surface area contributed by atoms with Gasteiger partial charge in [-0.2, -0.15) is 0 Å². The van der Waals surface area contributed by atoms with Gasteiger partial charge in [-0.15, -0.1) is 0 Å². The highest BCUT2D eigenvalue weighted by Crippen LogP contribution is 2.59. The summed E-state index contributed by atoms with van der Waals surface area (Å²) in [5.74, 6) is 1.10. The molecule has 280 valence electrons. The molecule has 52 heavy (non-hydrogen) atoms. The number of amides is 1. The number of rotatable bonds is 8. The minimum absolute atomic E-state index is 0.122. The van der Waals surface area contributed by atoms with Crippen molar-refractivity contribution >= 4 is 11.9 Å². The first-order chi connectivity index (χ1) is 24.9. The zero-order valence-electron chi connectivity index (χ0n) is 31.9. The van der Waals surface area contributed by atoms with E-state index < -0.39 is 17.1 Å². The number of allylic oxidation sites excluding steroid dienone is 2. The van der Waals surface area contributed by atoms with E-state index in [1.165, 1.54) is 11.8 Å². The minimum atomic E-state index is -1.26. The van der Waals surface area contributed by atoms with Crippen molar-refractivity contribution in [2.24, 2.45) is 23.2 Å². The molecule has 7 nitrogen and oxygen atoms in total. The zero-order valence-corrected chi connectivity index (χ0v) is 31.9. The predicted molar refractivity (Wildman–Crippen MR) is 204 cm³/mol. The van der Waals surface area contributed by atoms with Crippen molar-refractivity contribution in [2.45, 2.75) is 129 Å². The summed E-state index contributed by atoms with van der Waals surface area (Å²) in [5.41, 5.74) is 2.57. The summed E-state index contributed by atoms with van der Waals surface area (Å²) >= 11 is 0. The van der Waals surface area contributed by atoms with Gasteiger partial charge in [-0.25, -0.2) is 4.79 Å². The number of benzene rings is 2. The molecule has 2 N–H and O–H groups in total. The Labute approximate surface area is 310 Å². The quantitative estimate of drug-likeness (QED) is 0.179. The number of ketones is 1. The van der Waals surface area contributed by atoms with Gasteiger partial charge in [-0.3, -0.25) is 4.79 Å². The molecule has 1 aromatic heterocycles. The smallest absolute Gasteiger partial charge is 0.410 e. The molecule has 4 aliphatic rings. The van der Waals surface area contributed by atoms with Crippen LogP contribution in [0.1, 0.15) is 131 Å². The second-order valence-corrected chi connectivity index (χ2v) is 16.8. The largest absolute Gasteiger partial charge is 0.461 e. The van der Waals surface area contributed by atoms with E-state index in [2.05, 4.69) is 40.7 Å². The average molecular weight is 710 g/mol. The van der Waals surface area contributed by atoms with E-state index in [1.54, 1.807) is 17.0 Å². The molecule has 2 aromatic carbocycles. The molecule has 2 bridgehead atoms. The average Bonchev–Trinajstić information content (AvgIpc) is 3.74. The molecule has 1 heterocycles. The van der Waals surface area contributed by atoms with E-state index in [9.17, 15) is 19.8 Å². The van der Waals surface area contributed by atoms with Crippen LogP contribution < -0.4 is 0 Å². The number of carbonyl (C=O) groups is 2. The lowest BCUT2D eigenvalue weighted by Crippen LogP contribution is -2.54. The fourth-order valence-electron chi connectivity index (χ4n) is 9.50. The predicted octanol–water partition coefficient (Wildman–Crippen LogP) is 9.65. The molecule has 7 heteroatoms. The first kappa shape index (κ1) is 38.1. The van der Waals surface area contributed by atoms with Gasteiger partial charge in [0, 0.05) is 17.5 Å². The summed E-state index contributed by atoms with van der Waals surface area (Å²) in [6.45, 7) is 11.4. The van der Waals surface area contributed by atoms with Gasteiger partial charge >= 0.3 is 6.09 Å². The second kappa shape index (κ2) is 16.1. The van der Waals surface area contributed by atoms with Gasteiger partial charge in [0.15, 0.2) is 5.76 Å². The Kier molecular flexibility index (Phi) is 11.8. The molecule has 2 saturated carbocycles. The summed E-state index contributed by atoms with van der Waals surface area (Å²) in [5, 5.41) is 24.0. The normalized spacial score (nSPS) is 29.6. The standard InChI is InChI=1S/C45H59NO6/c1-30(2)36-19-16-32(4)25-41(36)52-43(49)46(28-33-12-7-6-8-13-33)29-45(50)23-21-39-37-20-17-34(27-38(37)42(48)40-14-10-24-51-40)26-35(47)18-15-31(3)11-9-22-44(39,45)5/h6-8,10-14,17,20,24,27,30,32,35-36,39,41,47,50H,9,15-16,18-19,21-23,25-26,28-29H2,1-5H3. The van der Waals surface area contributed by atoms with E-state index >= 15 is 0 Å². The number of aliphatic hydroxyl groups is 2. The third-order valence-corrected chi connectivity index (χ3v) is 12.8. The topological polar surface area (TPSA) is 100 Å². The van der Waals surface area contributed by atoms with Crippen molar-refractivity contribution in [3.05, 3.63) is 107 Å². The van der Waals surface area contributed by atoms with Crippen molar-refractivity contribution in [1.82, 2.24) is 4.90 Å². The Balaban J connectivity index is 1.39. The lowest BCUT2D eigenvalue weighted by atomic mass is 9.64. The van der Waals surface area contributed by atoms with Crippen molar-refractivity contribution in [1.29, 1.82) is 0 Å². The van der Waals surface area contributed by atoms with Crippen LogP contribution in [0, 0.1) is 23.2 Å². The van der Waals surface area contributed by atoms with Crippen LogP contribution in [0.4, 0.5) is 4.79 Å². The molecule has 7 rings (SSSR count). The molecule has 2 fully saturated rings. The molecule has 7 atom stereocenters. The highest BCUT2D eigenvalue weighted by atomic mass is 16.6. The number of aliphatic hydroxyl groups excluding tert-OH is 1. The molecule has 0 spiro atoms. The fraction of sp³-hybridized carbons (Fsp3) is 0.556. The highest BCUT2D eigenvalue weighted by molar-refractivity contribution is 6.08. The van der Waals surface area contributed by atoms with Gasteiger partial charge in [0.2, 0.25) is 5.78 Å². The summed E-state index contributed by atoms with van der Waals surface area (Å²) in [6, 6.07) is 19.3. The van der Waals surface area contributed by atoms with E-state index in [0.717, 1.165) is 48.8 Å². The van der Waals surface area contributed by atoms with Crippen LogP contribution in [0.5, 0.6) is 0 Å². The van der Waals surface area contributed by atoms with E-state index in [4.69, 9.17) is 9.15 Å². The van der Waals surface area contributed by atoms with Gasteiger partial charge in [0.1, 0.15) is 6.10 Å². The van der Waals surface area contributed by atoms with Crippen molar-refractivity contribution in [3.8, 4) is 0 Å². The van der Waals surface area contributed by atoms with Gasteiger partial charge < -0.3 is 24.3 Å². The number of furan rings is 1. The monoisotopic (exact) mass is 709 g/mol. The minimum Gasteiger partial charge on any atom is -0.461 e. The lowest BCUT2D eigenvalue weighted by molar-refractivity contribution is -0.0876. The number of hydrogen-bond acceptors (Lipinski definition) is 6. The third kappa shape index (κ3) is 8.26. The van der Waals surface area contributed by atoms with Gasteiger partial charge in [-0.1, -0.05) is 88.2 Å². The first-order valence-corrected chi connectivity index (χ1v) is 19.6. The van der Waals surface area contributed by atoms with Crippen molar-refractivity contribution in [2.75, 3.05) is 6.54 Å². The van der Waals surface area contributed by atoms with Crippen LogP contribution >= 0.6 is 0 Å². The third-order valence-electron chi connectivity index (χ3n) is 12.8. The van der Waals surface area contributed by atoms with E-state index in [0.29, 0.717) is 62.0 Å². The maximum atomic E-state index is 14.4. The maximum absolute atomic E-state index is 14.4. The second-order valence-electron chi connectivity index (χ2n) is 16.8. The van der Waals surface area contributed by atoms with Crippen LogP contribution in [-0.4, -0.2) is 51.3 Å². The van der Waals surface area contributed by atoms with Crippen molar-refractivity contribution < 1.29 is 29.0 Å². The van der Waals surface area contributed by atoms with E-state index in [1.807, 2.05) is 48.5 Å². The number of fused-ring (bicyclic) bond motifs is 8. The maximum Gasteiger partial charge on any atom is 0.410 e. The molecule has 4 aliphatic carbocycles. The van der Waals surface area contributed by atoms with Crippen molar-refractivity contribution in [3.63, 3.8) is 0 Å². The molecule has 0 saturated heterocycles. The summed E-state index contributed by atoms with van der Waals surface area (Å²) in [7, 11) is 0. The SMILES string of the molecule is CC1=CCCC2(C)C(CCC2(O)CN(Cc2ccccc2)C(=O)OC2CC(C)CCC2C(C)C)c2ccc(cc2C(=O)c2ccco2)CC(O)CC1. The van der Waals surface area contributed by atoms with Gasteiger partial charge in [0.05, 0.1) is 24.5 Å². The number of carbonyl (C=O) groups excluding carboxylic acids is 2. The Morgan fingerprint density at radius 3 is 2.54 bits per heavy atom.